The van der Waals surface area contributed by atoms with E-state index >= 15 is 0 Å². The molecular formula is C23H27N3O3S. The van der Waals surface area contributed by atoms with E-state index in [4.69, 9.17) is 5.10 Å². The number of hydrogen-bond acceptors (Lipinski definition) is 4. The summed E-state index contributed by atoms with van der Waals surface area (Å²) in [5, 5.41) is 7.43. The molecule has 30 heavy (non-hydrogen) atoms. The summed E-state index contributed by atoms with van der Waals surface area (Å²) in [6.45, 7) is 5.74. The zero-order chi connectivity index (χ0) is 21.7. The van der Waals surface area contributed by atoms with Crippen molar-refractivity contribution in [3.63, 3.8) is 0 Å². The van der Waals surface area contributed by atoms with Crippen LogP contribution < -0.4 is 5.32 Å². The van der Waals surface area contributed by atoms with Gasteiger partial charge in [0.2, 0.25) is 0 Å². The van der Waals surface area contributed by atoms with Crippen molar-refractivity contribution in [1.82, 2.24) is 15.1 Å². The molecule has 0 fully saturated rings. The number of sulfone groups is 1. The van der Waals surface area contributed by atoms with Crippen LogP contribution in [0.2, 0.25) is 0 Å². The SMILES string of the molecule is CCc1ccc(-c2nn(-c3ccccc3C)cc2C(=O)NCCS(=O)(=O)CC)cc1. The molecule has 0 bridgehead atoms. The van der Waals surface area contributed by atoms with Crippen molar-refractivity contribution in [3.05, 3.63) is 71.4 Å². The first-order valence-corrected chi connectivity index (χ1v) is 11.9. The number of aryl methyl sites for hydroxylation is 2. The van der Waals surface area contributed by atoms with Crippen LogP contribution >= 0.6 is 0 Å². The number of carbonyl (C=O) groups excluding carboxylic acids is 1. The first-order chi connectivity index (χ1) is 14.3. The van der Waals surface area contributed by atoms with Gasteiger partial charge in [0.1, 0.15) is 5.69 Å². The fourth-order valence-corrected chi connectivity index (χ4v) is 3.86. The molecule has 158 valence electrons. The Bertz CT molecular complexity index is 1130. The van der Waals surface area contributed by atoms with Crippen molar-refractivity contribution in [2.45, 2.75) is 27.2 Å². The standard InChI is InChI=1S/C23H27N3O3S/c1-4-18-10-12-19(13-11-18)22-20(23(27)24-14-15-30(28,29)5-2)16-26(25-22)21-9-7-6-8-17(21)3/h6-13,16H,4-5,14-15H2,1-3H3,(H,24,27). The van der Waals surface area contributed by atoms with Crippen LogP contribution in [0.15, 0.2) is 54.7 Å². The van der Waals surface area contributed by atoms with Gasteiger partial charge in [0, 0.05) is 24.1 Å². The number of nitrogens with one attached hydrogen (secondary N) is 1. The lowest BCUT2D eigenvalue weighted by molar-refractivity contribution is 0.0956. The minimum atomic E-state index is -3.15. The highest BCUT2D eigenvalue weighted by atomic mass is 32.2. The van der Waals surface area contributed by atoms with E-state index in [9.17, 15) is 13.2 Å². The number of aromatic nitrogens is 2. The van der Waals surface area contributed by atoms with E-state index in [0.29, 0.717) is 11.3 Å². The lowest BCUT2D eigenvalue weighted by Crippen LogP contribution is -2.29. The first-order valence-electron chi connectivity index (χ1n) is 10.1. The lowest BCUT2D eigenvalue weighted by atomic mass is 10.0. The Morgan fingerprint density at radius 3 is 2.40 bits per heavy atom. The van der Waals surface area contributed by atoms with Gasteiger partial charge in [0.05, 0.1) is 17.0 Å². The molecule has 6 nitrogen and oxygen atoms in total. The molecule has 0 saturated carbocycles. The summed E-state index contributed by atoms with van der Waals surface area (Å²) in [6.07, 6.45) is 2.63. The fraction of sp³-hybridized carbons (Fsp3) is 0.304. The van der Waals surface area contributed by atoms with Gasteiger partial charge in [-0.05, 0) is 30.5 Å². The Kier molecular flexibility index (Phi) is 6.72. The van der Waals surface area contributed by atoms with E-state index in [0.717, 1.165) is 23.2 Å². The average molecular weight is 426 g/mol. The van der Waals surface area contributed by atoms with Gasteiger partial charge in [-0.1, -0.05) is 56.3 Å². The number of nitrogens with zero attached hydrogens (tertiary/aromatic N) is 2. The number of rotatable bonds is 8. The zero-order valence-electron chi connectivity index (χ0n) is 17.6. The minimum Gasteiger partial charge on any atom is -0.351 e. The fourth-order valence-electron chi connectivity index (χ4n) is 3.16. The molecule has 0 saturated heterocycles. The number of carbonyl (C=O) groups is 1. The smallest absolute Gasteiger partial charge is 0.255 e. The predicted octanol–water partition coefficient (Wildman–Crippen LogP) is 3.57. The summed E-state index contributed by atoms with van der Waals surface area (Å²) in [5.41, 5.74) is 4.94. The van der Waals surface area contributed by atoms with Gasteiger partial charge < -0.3 is 5.32 Å². The monoisotopic (exact) mass is 425 g/mol. The molecule has 3 aromatic rings. The van der Waals surface area contributed by atoms with Gasteiger partial charge in [-0.25, -0.2) is 13.1 Å². The summed E-state index contributed by atoms with van der Waals surface area (Å²) in [7, 11) is -3.15. The van der Waals surface area contributed by atoms with Crippen molar-refractivity contribution >= 4 is 15.7 Å². The molecule has 0 radical (unpaired) electrons. The van der Waals surface area contributed by atoms with E-state index in [-0.39, 0.29) is 24.0 Å². The number of hydrogen-bond donors (Lipinski definition) is 1. The first kappa shape index (κ1) is 21.8. The molecule has 1 heterocycles. The summed E-state index contributed by atoms with van der Waals surface area (Å²) in [4.78, 5) is 12.9. The van der Waals surface area contributed by atoms with E-state index in [2.05, 4.69) is 12.2 Å². The molecular weight excluding hydrogens is 398 g/mol. The van der Waals surface area contributed by atoms with Crippen molar-refractivity contribution in [2.24, 2.45) is 0 Å². The van der Waals surface area contributed by atoms with Gasteiger partial charge in [-0.15, -0.1) is 0 Å². The Hall–Kier alpha value is -2.93. The van der Waals surface area contributed by atoms with E-state index in [1.807, 2.05) is 55.5 Å². The highest BCUT2D eigenvalue weighted by molar-refractivity contribution is 7.91. The number of benzene rings is 2. The maximum absolute atomic E-state index is 12.9. The third-order valence-electron chi connectivity index (χ3n) is 5.10. The van der Waals surface area contributed by atoms with Gasteiger partial charge in [-0.2, -0.15) is 5.10 Å². The lowest BCUT2D eigenvalue weighted by Gasteiger charge is -2.06. The zero-order valence-corrected chi connectivity index (χ0v) is 18.4. The molecule has 0 unspecified atom stereocenters. The van der Waals surface area contributed by atoms with Crippen molar-refractivity contribution in [3.8, 4) is 16.9 Å². The average Bonchev–Trinajstić information content (AvgIpc) is 3.19. The van der Waals surface area contributed by atoms with E-state index in [1.54, 1.807) is 17.8 Å². The van der Waals surface area contributed by atoms with Crippen LogP contribution in [0.25, 0.3) is 16.9 Å². The summed E-state index contributed by atoms with van der Waals surface area (Å²) >= 11 is 0. The molecule has 0 spiro atoms. The van der Waals surface area contributed by atoms with Gasteiger partial charge in [0.25, 0.3) is 5.91 Å². The highest BCUT2D eigenvalue weighted by Gasteiger charge is 2.19. The minimum absolute atomic E-state index is 0.0586. The predicted molar refractivity (Wildman–Crippen MR) is 120 cm³/mol. The summed E-state index contributed by atoms with van der Waals surface area (Å²) in [6, 6.07) is 15.8. The molecule has 0 aliphatic carbocycles. The Morgan fingerprint density at radius 2 is 1.77 bits per heavy atom. The third-order valence-corrected chi connectivity index (χ3v) is 6.80. The molecule has 1 amide bonds. The normalized spacial score (nSPS) is 11.4. The topological polar surface area (TPSA) is 81.1 Å². The Morgan fingerprint density at radius 1 is 1.07 bits per heavy atom. The maximum atomic E-state index is 12.9. The van der Waals surface area contributed by atoms with Crippen LogP contribution in [-0.4, -0.2) is 42.2 Å². The molecule has 1 N–H and O–H groups in total. The van der Waals surface area contributed by atoms with Crippen molar-refractivity contribution in [2.75, 3.05) is 18.1 Å². The third kappa shape index (κ3) is 4.97. The van der Waals surface area contributed by atoms with Gasteiger partial charge >= 0.3 is 0 Å². The van der Waals surface area contributed by atoms with Crippen LogP contribution in [0.5, 0.6) is 0 Å². The van der Waals surface area contributed by atoms with E-state index in [1.165, 1.54) is 5.56 Å². The van der Waals surface area contributed by atoms with Crippen LogP contribution in [0.3, 0.4) is 0 Å². The second kappa shape index (κ2) is 9.26. The van der Waals surface area contributed by atoms with Crippen LogP contribution in [0.1, 0.15) is 35.3 Å². The molecule has 7 heteroatoms. The van der Waals surface area contributed by atoms with Gasteiger partial charge in [-0.3, -0.25) is 4.79 Å². The molecule has 1 aromatic heterocycles. The second-order valence-corrected chi connectivity index (χ2v) is 9.64. The summed E-state index contributed by atoms with van der Waals surface area (Å²) in [5.74, 6) is -0.360. The van der Waals surface area contributed by atoms with Crippen molar-refractivity contribution < 1.29 is 13.2 Å². The highest BCUT2D eigenvalue weighted by Crippen LogP contribution is 2.25. The number of amides is 1. The Labute approximate surface area is 177 Å². The maximum Gasteiger partial charge on any atom is 0.255 e. The molecule has 2 aromatic carbocycles. The largest absolute Gasteiger partial charge is 0.351 e. The van der Waals surface area contributed by atoms with Crippen LogP contribution in [0, 0.1) is 6.92 Å². The molecule has 0 aliphatic rings. The molecule has 3 rings (SSSR count). The molecule has 0 atom stereocenters. The van der Waals surface area contributed by atoms with Crippen molar-refractivity contribution in [1.29, 1.82) is 0 Å². The van der Waals surface area contributed by atoms with Crippen LogP contribution in [0.4, 0.5) is 0 Å². The van der Waals surface area contributed by atoms with Gasteiger partial charge in [0.15, 0.2) is 9.84 Å². The molecule has 0 aliphatic heterocycles. The Balaban J connectivity index is 1.97. The summed E-state index contributed by atoms with van der Waals surface area (Å²) < 4.78 is 25.2. The second-order valence-electron chi connectivity index (χ2n) is 7.17. The van der Waals surface area contributed by atoms with Crippen LogP contribution in [-0.2, 0) is 16.3 Å². The number of para-hydroxylation sites is 1. The van der Waals surface area contributed by atoms with E-state index < -0.39 is 9.84 Å². The quantitative estimate of drug-likeness (QED) is 0.598.